The molecule has 0 fully saturated rings. The summed E-state index contributed by atoms with van der Waals surface area (Å²) in [5.74, 6) is -1.17. The van der Waals surface area contributed by atoms with Gasteiger partial charge in [-0.1, -0.05) is 13.8 Å². The molecule has 0 aliphatic heterocycles. The second-order valence-electron chi connectivity index (χ2n) is 8.12. The predicted octanol–water partition coefficient (Wildman–Crippen LogP) is 2.84. The van der Waals surface area contributed by atoms with Crippen LogP contribution in [0.25, 0.3) is 0 Å². The van der Waals surface area contributed by atoms with E-state index in [1.165, 1.54) is 6.92 Å². The first-order chi connectivity index (χ1) is 13.5. The zero-order valence-corrected chi connectivity index (χ0v) is 19.5. The van der Waals surface area contributed by atoms with Gasteiger partial charge in [-0.25, -0.2) is 4.79 Å². The number of aliphatic carboxylic acids is 1. The Kier molecular flexibility index (Phi) is 10.1. The largest absolute Gasteiger partial charge is 0.478 e. The quantitative estimate of drug-likeness (QED) is 0.487. The molecule has 0 unspecified atom stereocenters. The van der Waals surface area contributed by atoms with E-state index in [0.29, 0.717) is 5.11 Å². The Bertz CT molecular complexity index is 609. The third kappa shape index (κ3) is 7.26. The van der Waals surface area contributed by atoms with Crippen molar-refractivity contribution < 1.29 is 19.4 Å². The Morgan fingerprint density at radius 2 is 1.76 bits per heavy atom. The van der Waals surface area contributed by atoms with E-state index in [9.17, 15) is 14.7 Å². The third-order valence-corrected chi connectivity index (χ3v) is 5.48. The van der Waals surface area contributed by atoms with Gasteiger partial charge >= 0.3 is 5.97 Å². The number of carbonyl (C=O) groups excluding carboxylic acids is 1. The van der Waals surface area contributed by atoms with Gasteiger partial charge in [0.25, 0.3) is 0 Å². The highest BCUT2D eigenvalue weighted by molar-refractivity contribution is 7.80. The van der Waals surface area contributed by atoms with Crippen molar-refractivity contribution in [1.82, 2.24) is 15.5 Å². The van der Waals surface area contributed by atoms with Crippen molar-refractivity contribution in [1.29, 1.82) is 0 Å². The summed E-state index contributed by atoms with van der Waals surface area (Å²) in [5, 5.41) is 16.4. The lowest BCUT2D eigenvalue weighted by atomic mass is 9.87. The van der Waals surface area contributed by atoms with Crippen LogP contribution in [0, 0.1) is 0 Å². The Labute approximate surface area is 180 Å². The molecule has 1 aliphatic rings. The zero-order chi connectivity index (χ0) is 22.3. The van der Waals surface area contributed by atoms with Crippen molar-refractivity contribution in [3.63, 3.8) is 0 Å². The number of carboxylic acids is 1. The van der Waals surface area contributed by atoms with E-state index in [0.717, 1.165) is 12.8 Å². The first-order valence-electron chi connectivity index (χ1n) is 10.5. The summed E-state index contributed by atoms with van der Waals surface area (Å²) in [5.41, 5.74) is 0.267. The lowest BCUT2D eigenvalue weighted by molar-refractivity contribution is -0.133. The van der Waals surface area contributed by atoms with Gasteiger partial charge in [0.05, 0.1) is 24.3 Å². The van der Waals surface area contributed by atoms with Crippen LogP contribution >= 0.6 is 12.2 Å². The average Bonchev–Trinajstić information content (AvgIpc) is 2.60. The van der Waals surface area contributed by atoms with Crippen LogP contribution in [-0.2, 0) is 14.3 Å². The van der Waals surface area contributed by atoms with Crippen molar-refractivity contribution in [3.8, 4) is 0 Å². The summed E-state index contributed by atoms with van der Waals surface area (Å²) in [4.78, 5) is 25.7. The topological polar surface area (TPSA) is 90.9 Å². The first-order valence-corrected chi connectivity index (χ1v) is 10.9. The molecule has 0 aromatic carbocycles. The van der Waals surface area contributed by atoms with E-state index in [1.54, 1.807) is 6.08 Å². The van der Waals surface area contributed by atoms with Gasteiger partial charge in [0.2, 0.25) is 5.91 Å². The molecular weight excluding hydrogens is 390 g/mol. The Morgan fingerprint density at radius 1 is 1.21 bits per heavy atom. The highest BCUT2D eigenvalue weighted by Crippen LogP contribution is 2.25. The summed E-state index contributed by atoms with van der Waals surface area (Å²) in [6, 6.07) is -0.440. The minimum atomic E-state index is -0.980. The molecule has 166 valence electrons. The van der Waals surface area contributed by atoms with E-state index in [-0.39, 0.29) is 42.1 Å². The van der Waals surface area contributed by atoms with Crippen LogP contribution in [0.15, 0.2) is 11.6 Å². The van der Waals surface area contributed by atoms with Crippen LogP contribution < -0.4 is 10.6 Å². The number of carbonyl (C=O) groups is 2. The summed E-state index contributed by atoms with van der Waals surface area (Å²) < 4.78 is 6.20. The fraction of sp³-hybridized carbons (Fsp3) is 0.762. The molecule has 0 radical (unpaired) electrons. The SMILES string of the molecule is CCC(CC)O[C@@H]1C=C(C(=O)O)C[C@H](NC(=S)N(C(C)C)C(C)C)[C@H]1NC(C)=O. The van der Waals surface area contributed by atoms with E-state index in [1.807, 2.05) is 13.8 Å². The van der Waals surface area contributed by atoms with Gasteiger partial charge in [0, 0.05) is 31.0 Å². The minimum Gasteiger partial charge on any atom is -0.478 e. The van der Waals surface area contributed by atoms with Crippen LogP contribution in [0.3, 0.4) is 0 Å². The molecule has 0 aromatic rings. The number of hydrogen-bond donors (Lipinski definition) is 3. The molecule has 1 aliphatic carbocycles. The lowest BCUT2D eigenvalue weighted by Gasteiger charge is -2.41. The second kappa shape index (κ2) is 11.5. The van der Waals surface area contributed by atoms with Crippen molar-refractivity contribution in [2.75, 3.05) is 0 Å². The zero-order valence-electron chi connectivity index (χ0n) is 18.7. The van der Waals surface area contributed by atoms with E-state index in [2.05, 4.69) is 43.2 Å². The van der Waals surface area contributed by atoms with E-state index in [4.69, 9.17) is 17.0 Å². The number of amides is 1. The molecule has 0 bridgehead atoms. The number of carboxylic acid groups (broad SMARTS) is 1. The number of rotatable bonds is 9. The van der Waals surface area contributed by atoms with Gasteiger partial charge in [-0.05, 0) is 58.8 Å². The van der Waals surface area contributed by atoms with Crippen LogP contribution in [0.5, 0.6) is 0 Å². The van der Waals surface area contributed by atoms with Crippen molar-refractivity contribution >= 4 is 29.2 Å². The summed E-state index contributed by atoms with van der Waals surface area (Å²) in [6.07, 6.45) is 2.92. The monoisotopic (exact) mass is 427 g/mol. The van der Waals surface area contributed by atoms with Crippen LogP contribution in [0.2, 0.25) is 0 Å². The summed E-state index contributed by atoms with van der Waals surface area (Å²) in [7, 11) is 0. The van der Waals surface area contributed by atoms with Gasteiger partial charge < -0.3 is 25.4 Å². The molecule has 0 heterocycles. The third-order valence-electron chi connectivity index (χ3n) is 5.15. The van der Waals surface area contributed by atoms with Gasteiger partial charge in [-0.3, -0.25) is 4.79 Å². The van der Waals surface area contributed by atoms with Crippen LogP contribution in [-0.4, -0.2) is 63.4 Å². The maximum Gasteiger partial charge on any atom is 0.331 e. The fourth-order valence-electron chi connectivity index (χ4n) is 3.81. The molecular formula is C21H37N3O4S. The molecule has 0 saturated carbocycles. The Balaban J connectivity index is 3.23. The van der Waals surface area contributed by atoms with Crippen molar-refractivity contribution in [3.05, 3.63) is 11.6 Å². The number of ether oxygens (including phenoxy) is 1. The molecule has 0 spiro atoms. The molecule has 3 N–H and O–H groups in total. The van der Waals surface area contributed by atoms with Crippen LogP contribution in [0.4, 0.5) is 0 Å². The molecule has 3 atom stereocenters. The van der Waals surface area contributed by atoms with E-state index < -0.39 is 18.1 Å². The van der Waals surface area contributed by atoms with E-state index >= 15 is 0 Å². The highest BCUT2D eigenvalue weighted by Gasteiger charge is 2.38. The van der Waals surface area contributed by atoms with Crippen molar-refractivity contribution in [2.24, 2.45) is 0 Å². The smallest absolute Gasteiger partial charge is 0.331 e. The molecule has 0 saturated heterocycles. The van der Waals surface area contributed by atoms with Crippen LogP contribution in [0.1, 0.15) is 67.7 Å². The average molecular weight is 428 g/mol. The molecule has 0 aromatic heterocycles. The second-order valence-corrected chi connectivity index (χ2v) is 8.50. The first kappa shape index (κ1) is 25.4. The standard InChI is InChI=1S/C21H37N3O4S/c1-8-16(9-2)28-18-11-15(20(26)27)10-17(19(18)22-14(7)25)23-21(29)24(12(3)4)13(5)6/h11-13,16-19H,8-10H2,1-7H3,(H,22,25)(H,23,29)(H,26,27)/t17-,18+,19+/m0/s1. The Hall–Kier alpha value is -1.67. The lowest BCUT2D eigenvalue weighted by Crippen LogP contribution is -2.62. The molecule has 29 heavy (non-hydrogen) atoms. The fourth-order valence-corrected chi connectivity index (χ4v) is 4.38. The highest BCUT2D eigenvalue weighted by atomic mass is 32.1. The van der Waals surface area contributed by atoms with Gasteiger partial charge in [-0.2, -0.15) is 0 Å². The summed E-state index contributed by atoms with van der Waals surface area (Å²) >= 11 is 5.65. The van der Waals surface area contributed by atoms with Gasteiger partial charge in [-0.15, -0.1) is 0 Å². The molecule has 1 amide bonds. The maximum atomic E-state index is 11.9. The molecule has 7 nitrogen and oxygen atoms in total. The maximum absolute atomic E-state index is 11.9. The Morgan fingerprint density at radius 3 is 2.17 bits per heavy atom. The molecule has 1 rings (SSSR count). The summed E-state index contributed by atoms with van der Waals surface area (Å²) in [6.45, 7) is 13.7. The minimum absolute atomic E-state index is 0.0175. The van der Waals surface area contributed by atoms with Gasteiger partial charge in [0.1, 0.15) is 0 Å². The molecule has 8 heteroatoms. The normalized spacial score (nSPS) is 21.9. The number of thiocarbonyl (C=S) groups is 1. The number of nitrogens with one attached hydrogen (secondary N) is 2. The number of nitrogens with zero attached hydrogens (tertiary/aromatic N) is 1. The predicted molar refractivity (Wildman–Crippen MR) is 119 cm³/mol. The van der Waals surface area contributed by atoms with Gasteiger partial charge in [0.15, 0.2) is 5.11 Å². The number of hydrogen-bond acceptors (Lipinski definition) is 4. The van der Waals surface area contributed by atoms with Crippen molar-refractivity contribution in [2.45, 2.75) is 104 Å².